The van der Waals surface area contributed by atoms with Crippen molar-refractivity contribution in [3.63, 3.8) is 0 Å². The number of H-pyrrole nitrogens is 1. The van der Waals surface area contributed by atoms with Gasteiger partial charge < -0.3 is 33.4 Å². The van der Waals surface area contributed by atoms with Crippen molar-refractivity contribution in [3.05, 3.63) is 28.6 Å². The number of nitrogens with zero attached hydrogens (tertiary/aromatic N) is 1. The lowest BCUT2D eigenvalue weighted by atomic mass is 10.1. The predicted molar refractivity (Wildman–Crippen MR) is 107 cm³/mol. The molecule has 3 aromatic rings. The topological polar surface area (TPSA) is 101 Å². The second-order valence-corrected chi connectivity index (χ2v) is 5.84. The zero-order valence-electron chi connectivity index (χ0n) is 17.0. The van der Waals surface area contributed by atoms with Gasteiger partial charge in [0.25, 0.3) is 5.56 Å². The molecule has 1 N–H and O–H groups in total. The van der Waals surface area contributed by atoms with E-state index in [1.54, 1.807) is 18.2 Å². The second-order valence-electron chi connectivity index (χ2n) is 5.84. The zero-order valence-corrected chi connectivity index (χ0v) is 17.0. The SMILES string of the molecule is COc1ccc(-c2nc3c(OC)c(OC)c(OC)cc3c(=O)[nH]2)c(OC)c1OC. The van der Waals surface area contributed by atoms with E-state index in [0.717, 1.165) is 0 Å². The number of fused-ring (bicyclic) bond motifs is 1. The van der Waals surface area contributed by atoms with Crippen molar-refractivity contribution in [2.24, 2.45) is 0 Å². The molecule has 0 saturated carbocycles. The van der Waals surface area contributed by atoms with Crippen LogP contribution in [-0.2, 0) is 0 Å². The van der Waals surface area contributed by atoms with Gasteiger partial charge in [-0.05, 0) is 18.2 Å². The molecule has 0 aliphatic rings. The Balaban J connectivity index is 2.37. The molecule has 29 heavy (non-hydrogen) atoms. The highest BCUT2D eigenvalue weighted by Gasteiger charge is 2.23. The molecule has 0 spiro atoms. The monoisotopic (exact) mass is 402 g/mol. The highest BCUT2D eigenvalue weighted by molar-refractivity contribution is 5.90. The Morgan fingerprint density at radius 3 is 1.86 bits per heavy atom. The second kappa shape index (κ2) is 8.17. The van der Waals surface area contributed by atoms with Gasteiger partial charge in [0.1, 0.15) is 11.3 Å². The van der Waals surface area contributed by atoms with Crippen LogP contribution >= 0.6 is 0 Å². The first-order chi connectivity index (χ1) is 14.0. The number of hydrogen-bond donors (Lipinski definition) is 1. The van der Waals surface area contributed by atoms with E-state index in [1.807, 2.05) is 0 Å². The lowest BCUT2D eigenvalue weighted by molar-refractivity contribution is 0.325. The van der Waals surface area contributed by atoms with Crippen LogP contribution in [0.1, 0.15) is 0 Å². The third-order valence-electron chi connectivity index (χ3n) is 4.46. The van der Waals surface area contributed by atoms with Crippen LogP contribution < -0.4 is 34.0 Å². The highest BCUT2D eigenvalue weighted by atomic mass is 16.5. The van der Waals surface area contributed by atoms with Crippen molar-refractivity contribution >= 4 is 10.9 Å². The van der Waals surface area contributed by atoms with Crippen LogP contribution in [0.15, 0.2) is 23.0 Å². The van der Waals surface area contributed by atoms with Crippen LogP contribution in [0.2, 0.25) is 0 Å². The maximum atomic E-state index is 12.8. The summed E-state index contributed by atoms with van der Waals surface area (Å²) >= 11 is 0. The summed E-state index contributed by atoms with van der Waals surface area (Å²) in [5.74, 6) is 2.49. The van der Waals surface area contributed by atoms with E-state index < -0.39 is 0 Å². The Labute approximate surface area is 167 Å². The van der Waals surface area contributed by atoms with Crippen molar-refractivity contribution in [1.29, 1.82) is 0 Å². The molecule has 0 aliphatic heterocycles. The van der Waals surface area contributed by atoms with Crippen LogP contribution in [0.5, 0.6) is 34.5 Å². The number of ether oxygens (including phenoxy) is 6. The van der Waals surface area contributed by atoms with Gasteiger partial charge in [-0.3, -0.25) is 4.79 Å². The van der Waals surface area contributed by atoms with E-state index in [0.29, 0.717) is 45.2 Å². The zero-order chi connectivity index (χ0) is 21.1. The van der Waals surface area contributed by atoms with Crippen LogP contribution in [0, 0.1) is 0 Å². The summed E-state index contributed by atoms with van der Waals surface area (Å²) in [4.78, 5) is 20.2. The standard InChI is InChI=1S/C20H22N2O7/c1-24-12-8-7-10(15(26-3)16(12)27-4)19-21-14-11(20(23)22-19)9-13(25-2)17(28-5)18(14)29-6/h7-9H,1-6H3,(H,21,22,23). The molecule has 0 atom stereocenters. The lowest BCUT2D eigenvalue weighted by Crippen LogP contribution is -2.12. The average molecular weight is 402 g/mol. The van der Waals surface area contributed by atoms with E-state index >= 15 is 0 Å². The maximum Gasteiger partial charge on any atom is 0.259 e. The largest absolute Gasteiger partial charge is 0.493 e. The van der Waals surface area contributed by atoms with Gasteiger partial charge in [-0.2, -0.15) is 0 Å². The third kappa shape index (κ3) is 3.24. The first-order valence-electron chi connectivity index (χ1n) is 8.56. The summed E-state index contributed by atoms with van der Waals surface area (Å²) in [6, 6.07) is 4.97. The van der Waals surface area contributed by atoms with E-state index in [-0.39, 0.29) is 17.1 Å². The van der Waals surface area contributed by atoms with E-state index in [2.05, 4.69) is 9.97 Å². The van der Waals surface area contributed by atoms with Crippen LogP contribution in [0.3, 0.4) is 0 Å². The Hall–Kier alpha value is -3.62. The molecule has 0 radical (unpaired) electrons. The van der Waals surface area contributed by atoms with Gasteiger partial charge in [0.05, 0.1) is 53.6 Å². The molecule has 1 aromatic heterocycles. The fourth-order valence-electron chi connectivity index (χ4n) is 3.16. The number of methoxy groups -OCH3 is 6. The molecule has 0 unspecified atom stereocenters. The summed E-state index contributed by atoms with van der Waals surface area (Å²) in [5, 5.41) is 0.294. The molecular weight excluding hydrogens is 380 g/mol. The Kier molecular flexibility index (Phi) is 5.67. The fourth-order valence-corrected chi connectivity index (χ4v) is 3.16. The smallest absolute Gasteiger partial charge is 0.259 e. The minimum Gasteiger partial charge on any atom is -0.493 e. The van der Waals surface area contributed by atoms with Crippen molar-refractivity contribution in [2.45, 2.75) is 0 Å². The summed E-state index contributed by atoms with van der Waals surface area (Å²) in [5.41, 5.74) is 0.461. The fraction of sp³-hybridized carbons (Fsp3) is 0.300. The lowest BCUT2D eigenvalue weighted by Gasteiger charge is -2.17. The van der Waals surface area contributed by atoms with Gasteiger partial charge in [0.2, 0.25) is 11.5 Å². The van der Waals surface area contributed by atoms with Gasteiger partial charge in [0.15, 0.2) is 23.0 Å². The third-order valence-corrected chi connectivity index (χ3v) is 4.46. The van der Waals surface area contributed by atoms with Crippen LogP contribution in [0.4, 0.5) is 0 Å². The first kappa shape index (κ1) is 20.1. The molecule has 1 heterocycles. The number of aromatic amines is 1. The quantitative estimate of drug-likeness (QED) is 0.644. The number of nitrogens with one attached hydrogen (secondary N) is 1. The molecule has 0 saturated heterocycles. The molecular formula is C20H22N2O7. The first-order valence-corrected chi connectivity index (χ1v) is 8.56. The van der Waals surface area contributed by atoms with E-state index in [4.69, 9.17) is 28.4 Å². The molecule has 3 rings (SSSR count). The molecule has 0 bridgehead atoms. The van der Waals surface area contributed by atoms with Crippen molar-refractivity contribution in [3.8, 4) is 45.9 Å². The Morgan fingerprint density at radius 2 is 1.31 bits per heavy atom. The van der Waals surface area contributed by atoms with Gasteiger partial charge in [-0.25, -0.2) is 4.98 Å². The number of hydrogen-bond acceptors (Lipinski definition) is 8. The van der Waals surface area contributed by atoms with Crippen molar-refractivity contribution in [1.82, 2.24) is 9.97 Å². The van der Waals surface area contributed by atoms with Gasteiger partial charge >= 0.3 is 0 Å². The minimum absolute atomic E-state index is 0.269. The maximum absolute atomic E-state index is 12.8. The summed E-state index contributed by atoms with van der Waals surface area (Å²) in [6.45, 7) is 0. The van der Waals surface area contributed by atoms with Crippen LogP contribution in [-0.4, -0.2) is 52.6 Å². The van der Waals surface area contributed by atoms with E-state index in [9.17, 15) is 4.79 Å². The van der Waals surface area contributed by atoms with Crippen LogP contribution in [0.25, 0.3) is 22.3 Å². The van der Waals surface area contributed by atoms with E-state index in [1.165, 1.54) is 42.7 Å². The normalized spacial score (nSPS) is 10.6. The van der Waals surface area contributed by atoms with Crippen molar-refractivity contribution < 1.29 is 28.4 Å². The molecule has 2 aromatic carbocycles. The molecule has 0 amide bonds. The summed E-state index contributed by atoms with van der Waals surface area (Å²) in [7, 11) is 8.95. The summed E-state index contributed by atoms with van der Waals surface area (Å²) < 4.78 is 32.4. The Morgan fingerprint density at radius 1 is 0.724 bits per heavy atom. The predicted octanol–water partition coefficient (Wildman–Crippen LogP) is 2.64. The van der Waals surface area contributed by atoms with Gasteiger partial charge in [-0.15, -0.1) is 0 Å². The van der Waals surface area contributed by atoms with Gasteiger partial charge in [-0.1, -0.05) is 0 Å². The van der Waals surface area contributed by atoms with Gasteiger partial charge in [0, 0.05) is 0 Å². The Bertz CT molecular complexity index is 1110. The molecule has 9 nitrogen and oxygen atoms in total. The average Bonchev–Trinajstić information content (AvgIpc) is 2.76. The minimum atomic E-state index is -0.374. The highest BCUT2D eigenvalue weighted by Crippen LogP contribution is 2.45. The summed E-state index contributed by atoms with van der Waals surface area (Å²) in [6.07, 6.45) is 0. The number of rotatable bonds is 7. The number of aromatic nitrogens is 2. The number of benzene rings is 2. The molecule has 154 valence electrons. The molecule has 0 aliphatic carbocycles. The molecule has 9 heteroatoms. The van der Waals surface area contributed by atoms with Crippen molar-refractivity contribution in [2.75, 3.05) is 42.7 Å². The molecule has 0 fully saturated rings.